The second-order valence-electron chi connectivity index (χ2n) is 7.81. The second kappa shape index (κ2) is 8.00. The summed E-state index contributed by atoms with van der Waals surface area (Å²) in [6, 6.07) is 10.3. The van der Waals surface area contributed by atoms with Gasteiger partial charge in [-0.2, -0.15) is 10.2 Å². The van der Waals surface area contributed by atoms with E-state index in [-0.39, 0.29) is 5.92 Å². The van der Waals surface area contributed by atoms with Crippen LogP contribution in [0.2, 0.25) is 0 Å². The quantitative estimate of drug-likeness (QED) is 0.458. The summed E-state index contributed by atoms with van der Waals surface area (Å²) in [6.45, 7) is 5.33. The smallest absolute Gasteiger partial charge is 0.247 e. The van der Waals surface area contributed by atoms with Crippen LogP contribution in [0.3, 0.4) is 0 Å². The molecule has 4 aromatic rings. The zero-order chi connectivity index (χ0) is 22.2. The molecule has 0 amide bonds. The van der Waals surface area contributed by atoms with Crippen molar-refractivity contribution in [1.82, 2.24) is 30.4 Å². The molecule has 3 N–H and O–H groups in total. The van der Waals surface area contributed by atoms with Crippen LogP contribution in [0.25, 0.3) is 16.8 Å². The Kier molecular flexibility index (Phi) is 5.01. The second-order valence-corrected chi connectivity index (χ2v) is 7.81. The van der Waals surface area contributed by atoms with Crippen molar-refractivity contribution < 1.29 is 4.39 Å². The molecule has 1 saturated heterocycles. The summed E-state index contributed by atoms with van der Waals surface area (Å²) in [6.07, 6.45) is 3.56. The van der Waals surface area contributed by atoms with Gasteiger partial charge in [0.05, 0.1) is 11.6 Å². The van der Waals surface area contributed by atoms with E-state index < -0.39 is 5.82 Å². The van der Waals surface area contributed by atoms with Crippen molar-refractivity contribution in [2.75, 3.05) is 18.4 Å². The molecule has 0 bridgehead atoms. The van der Waals surface area contributed by atoms with Crippen molar-refractivity contribution in [3.8, 4) is 17.2 Å². The minimum absolute atomic E-state index is 0.123. The van der Waals surface area contributed by atoms with E-state index in [2.05, 4.69) is 32.3 Å². The van der Waals surface area contributed by atoms with Crippen molar-refractivity contribution in [2.24, 2.45) is 0 Å². The molecule has 0 saturated carbocycles. The topological polar surface area (TPSA) is 103 Å². The Morgan fingerprint density at radius 2 is 2.00 bits per heavy atom. The van der Waals surface area contributed by atoms with Crippen LogP contribution in [0.5, 0.6) is 0 Å². The van der Waals surface area contributed by atoms with E-state index >= 15 is 4.39 Å². The number of anilines is 2. The first-order valence-electron chi connectivity index (χ1n) is 10.3. The number of pyridine rings is 2. The maximum atomic E-state index is 15.0. The third-order valence-corrected chi connectivity index (χ3v) is 5.87. The van der Waals surface area contributed by atoms with Gasteiger partial charge in [0.2, 0.25) is 5.95 Å². The third-order valence-electron chi connectivity index (χ3n) is 5.87. The summed E-state index contributed by atoms with van der Waals surface area (Å²) >= 11 is 0. The standard InChI is InChI=1S/C23H21FN8/c1-13-14(2)26-7-5-20(13)29-23-30-22-21(18-9-15(10-25)3-4-19(18)24)17(6-8-32(22)31-23)16-11-27-28-12-16/h3-9,16,27-28H,11-12H2,1-2H3,(H,26,29,31). The highest BCUT2D eigenvalue weighted by molar-refractivity contribution is 5.83. The molecular formula is C23H21FN8. The lowest BCUT2D eigenvalue weighted by molar-refractivity contribution is 0.630. The molecule has 3 aromatic heterocycles. The van der Waals surface area contributed by atoms with Gasteiger partial charge in [-0.05, 0) is 55.3 Å². The van der Waals surface area contributed by atoms with Crippen LogP contribution >= 0.6 is 0 Å². The molecule has 8 nitrogen and oxygen atoms in total. The number of nitrogens with zero attached hydrogens (tertiary/aromatic N) is 5. The average Bonchev–Trinajstić information content (AvgIpc) is 3.46. The monoisotopic (exact) mass is 428 g/mol. The number of halogens is 1. The fourth-order valence-electron chi connectivity index (χ4n) is 4.00. The number of hydrogen-bond donors (Lipinski definition) is 3. The fourth-order valence-corrected chi connectivity index (χ4v) is 4.00. The van der Waals surface area contributed by atoms with Crippen molar-refractivity contribution >= 4 is 17.3 Å². The highest BCUT2D eigenvalue weighted by atomic mass is 19.1. The normalized spacial score (nSPS) is 14.1. The van der Waals surface area contributed by atoms with E-state index in [0.717, 1.165) is 22.5 Å². The van der Waals surface area contributed by atoms with Gasteiger partial charge in [-0.15, -0.1) is 5.10 Å². The molecular weight excluding hydrogens is 407 g/mol. The number of hydrogen-bond acceptors (Lipinski definition) is 7. The van der Waals surface area contributed by atoms with Gasteiger partial charge >= 0.3 is 0 Å². The first kappa shape index (κ1) is 20.1. The van der Waals surface area contributed by atoms with Crippen molar-refractivity contribution in [3.63, 3.8) is 0 Å². The Bertz CT molecular complexity index is 1360. The van der Waals surface area contributed by atoms with Crippen LogP contribution in [0, 0.1) is 31.0 Å². The number of aromatic nitrogens is 4. The molecule has 0 unspecified atom stereocenters. The Hall–Kier alpha value is -3.87. The maximum Gasteiger partial charge on any atom is 0.247 e. The molecule has 1 aromatic carbocycles. The summed E-state index contributed by atoms with van der Waals surface area (Å²) < 4.78 is 16.7. The first-order valence-corrected chi connectivity index (χ1v) is 10.3. The minimum atomic E-state index is -0.407. The van der Waals surface area contributed by atoms with Gasteiger partial charge < -0.3 is 5.32 Å². The van der Waals surface area contributed by atoms with Crippen molar-refractivity contribution in [3.05, 3.63) is 70.9 Å². The van der Waals surface area contributed by atoms with Crippen LogP contribution < -0.4 is 16.2 Å². The number of rotatable bonds is 4. The third kappa shape index (κ3) is 3.45. The largest absolute Gasteiger partial charge is 0.323 e. The lowest BCUT2D eigenvalue weighted by Crippen LogP contribution is -2.21. The molecule has 1 fully saturated rings. The highest BCUT2D eigenvalue weighted by Gasteiger charge is 2.25. The van der Waals surface area contributed by atoms with Gasteiger partial charge in [-0.1, -0.05) is 0 Å². The molecule has 0 radical (unpaired) electrons. The predicted molar refractivity (Wildman–Crippen MR) is 119 cm³/mol. The molecule has 1 aliphatic heterocycles. The van der Waals surface area contributed by atoms with Crippen molar-refractivity contribution in [1.29, 1.82) is 5.26 Å². The summed E-state index contributed by atoms with van der Waals surface area (Å²) in [5.74, 6) is 0.116. The van der Waals surface area contributed by atoms with Crippen LogP contribution in [0.4, 0.5) is 16.0 Å². The number of nitriles is 1. The van der Waals surface area contributed by atoms with Crippen LogP contribution in [0.15, 0.2) is 42.7 Å². The Labute approximate surface area is 184 Å². The van der Waals surface area contributed by atoms with E-state index in [1.54, 1.807) is 16.8 Å². The lowest BCUT2D eigenvalue weighted by atomic mass is 9.91. The summed E-state index contributed by atoms with van der Waals surface area (Å²) in [4.78, 5) is 9.01. The molecule has 4 heterocycles. The molecule has 5 rings (SSSR count). The molecule has 1 aliphatic rings. The van der Waals surface area contributed by atoms with Gasteiger partial charge in [0.25, 0.3) is 0 Å². The van der Waals surface area contributed by atoms with Crippen LogP contribution in [-0.2, 0) is 0 Å². The Morgan fingerprint density at radius 1 is 1.19 bits per heavy atom. The van der Waals surface area contributed by atoms with E-state index in [0.29, 0.717) is 41.4 Å². The number of aryl methyl sites for hydroxylation is 1. The number of nitrogens with one attached hydrogen (secondary N) is 3. The number of hydrazine groups is 1. The molecule has 9 heteroatoms. The highest BCUT2D eigenvalue weighted by Crippen LogP contribution is 2.35. The lowest BCUT2D eigenvalue weighted by Gasteiger charge is -2.16. The van der Waals surface area contributed by atoms with Gasteiger partial charge in [0.15, 0.2) is 5.65 Å². The maximum absolute atomic E-state index is 15.0. The molecule has 160 valence electrons. The Balaban J connectivity index is 1.70. The van der Waals surface area contributed by atoms with E-state index in [4.69, 9.17) is 4.98 Å². The van der Waals surface area contributed by atoms with Crippen molar-refractivity contribution in [2.45, 2.75) is 19.8 Å². The number of benzene rings is 1. The zero-order valence-corrected chi connectivity index (χ0v) is 17.6. The SMILES string of the molecule is Cc1nccc(Nc2nc3c(-c4cc(C#N)ccc4F)c(C4CNNC4)ccn3n2)c1C. The first-order chi connectivity index (χ1) is 15.5. The molecule has 0 spiro atoms. The summed E-state index contributed by atoms with van der Waals surface area (Å²) in [5.41, 5.74) is 11.9. The van der Waals surface area contributed by atoms with Gasteiger partial charge in [0.1, 0.15) is 5.82 Å². The fraction of sp³-hybridized carbons (Fsp3) is 0.217. The average molecular weight is 428 g/mol. The molecule has 32 heavy (non-hydrogen) atoms. The van der Waals surface area contributed by atoms with E-state index in [1.165, 1.54) is 12.1 Å². The van der Waals surface area contributed by atoms with Gasteiger partial charge in [-0.3, -0.25) is 15.8 Å². The minimum Gasteiger partial charge on any atom is -0.323 e. The van der Waals surface area contributed by atoms with Gasteiger partial charge in [-0.25, -0.2) is 8.91 Å². The van der Waals surface area contributed by atoms with E-state index in [1.807, 2.05) is 32.2 Å². The zero-order valence-electron chi connectivity index (χ0n) is 17.6. The van der Waals surface area contributed by atoms with Crippen LogP contribution in [0.1, 0.15) is 28.3 Å². The van der Waals surface area contributed by atoms with E-state index in [9.17, 15) is 5.26 Å². The molecule has 0 atom stereocenters. The van der Waals surface area contributed by atoms with Gasteiger partial charge in [0, 0.05) is 53.9 Å². The Morgan fingerprint density at radius 3 is 2.78 bits per heavy atom. The summed E-state index contributed by atoms with van der Waals surface area (Å²) in [7, 11) is 0. The predicted octanol–water partition coefficient (Wildman–Crippen LogP) is 3.35. The number of fused-ring (bicyclic) bond motifs is 1. The summed E-state index contributed by atoms with van der Waals surface area (Å²) in [5, 5.41) is 17.2. The van der Waals surface area contributed by atoms with Crippen LogP contribution in [-0.4, -0.2) is 32.7 Å². The molecule has 0 aliphatic carbocycles.